The van der Waals surface area contributed by atoms with Crippen molar-refractivity contribution in [3.63, 3.8) is 0 Å². The first-order valence-corrected chi connectivity index (χ1v) is 9.39. The molecule has 5 heteroatoms. The number of nitrogens with zero attached hydrogens (tertiary/aromatic N) is 2. The molecule has 28 heavy (non-hydrogen) atoms. The van der Waals surface area contributed by atoms with E-state index >= 15 is 0 Å². The van der Waals surface area contributed by atoms with Crippen molar-refractivity contribution in [1.82, 2.24) is 4.98 Å². The molecule has 134 valence electrons. The van der Waals surface area contributed by atoms with Crippen molar-refractivity contribution in [2.24, 2.45) is 0 Å². The van der Waals surface area contributed by atoms with Crippen LogP contribution in [0.5, 0.6) is 0 Å². The molecule has 4 rings (SSSR count). The molecule has 0 radical (unpaired) electrons. The summed E-state index contributed by atoms with van der Waals surface area (Å²) in [5.74, 6) is 0.224. The second-order valence-electron chi connectivity index (χ2n) is 5.95. The van der Waals surface area contributed by atoms with Crippen LogP contribution >= 0.6 is 11.8 Å². The summed E-state index contributed by atoms with van der Waals surface area (Å²) in [4.78, 5) is 17.2. The summed E-state index contributed by atoms with van der Waals surface area (Å²) in [6.07, 6.45) is 1.45. The highest BCUT2D eigenvalue weighted by Crippen LogP contribution is 2.35. The number of hydrogen-bond acceptors (Lipinski definition) is 5. The number of nitriles is 1. The third kappa shape index (κ3) is 3.59. The number of hydrogen-bond donors (Lipinski definition) is 0. The summed E-state index contributed by atoms with van der Waals surface area (Å²) < 4.78 is 5.19. The van der Waals surface area contributed by atoms with E-state index in [9.17, 15) is 10.1 Å². The lowest BCUT2D eigenvalue weighted by Crippen LogP contribution is -1.99. The van der Waals surface area contributed by atoms with Crippen LogP contribution in [0, 0.1) is 11.3 Å². The van der Waals surface area contributed by atoms with E-state index in [2.05, 4.69) is 11.1 Å². The van der Waals surface area contributed by atoms with Crippen LogP contribution < -0.4 is 0 Å². The fourth-order valence-electron chi connectivity index (χ4n) is 2.84. The van der Waals surface area contributed by atoms with Crippen molar-refractivity contribution in [3.8, 4) is 28.5 Å². The molecule has 2 aromatic carbocycles. The first kappa shape index (κ1) is 17.8. The molecule has 0 saturated carbocycles. The molecule has 0 fully saturated rings. The van der Waals surface area contributed by atoms with Gasteiger partial charge in [-0.15, -0.1) is 0 Å². The lowest BCUT2D eigenvalue weighted by Gasteiger charge is -2.12. The maximum atomic E-state index is 12.6. The van der Waals surface area contributed by atoms with E-state index in [1.54, 1.807) is 12.1 Å². The summed E-state index contributed by atoms with van der Waals surface area (Å²) in [5, 5.41) is 9.90. The van der Waals surface area contributed by atoms with Gasteiger partial charge in [0.2, 0.25) is 0 Å². The predicted octanol–water partition coefficient (Wildman–Crippen LogP) is 5.81. The predicted molar refractivity (Wildman–Crippen MR) is 109 cm³/mol. The monoisotopic (exact) mass is 382 g/mol. The Labute approximate surface area is 166 Å². The van der Waals surface area contributed by atoms with E-state index in [1.165, 1.54) is 6.26 Å². The normalized spacial score (nSPS) is 10.4. The lowest BCUT2D eigenvalue weighted by molar-refractivity contribution is 0.106. The van der Waals surface area contributed by atoms with Crippen LogP contribution in [0.1, 0.15) is 16.1 Å². The molecule has 0 spiro atoms. The molecule has 0 aliphatic rings. The molecular formula is C23H14N2O2S. The molecule has 0 N–H and O–H groups in total. The summed E-state index contributed by atoms with van der Waals surface area (Å²) in [6.45, 7) is 0. The maximum absolute atomic E-state index is 12.6. The van der Waals surface area contributed by atoms with E-state index < -0.39 is 0 Å². The van der Waals surface area contributed by atoms with Gasteiger partial charge >= 0.3 is 0 Å². The quantitative estimate of drug-likeness (QED) is 0.417. The molecule has 0 atom stereocenters. The summed E-state index contributed by atoms with van der Waals surface area (Å²) >= 11 is 0.904. The van der Waals surface area contributed by atoms with Crippen molar-refractivity contribution in [1.29, 1.82) is 5.26 Å². The Morgan fingerprint density at radius 2 is 1.61 bits per heavy atom. The zero-order valence-corrected chi connectivity index (χ0v) is 15.5. The summed E-state index contributed by atoms with van der Waals surface area (Å²) in [7, 11) is 0. The van der Waals surface area contributed by atoms with E-state index in [0.29, 0.717) is 16.3 Å². The van der Waals surface area contributed by atoms with Crippen LogP contribution in [0.3, 0.4) is 0 Å². The van der Waals surface area contributed by atoms with Gasteiger partial charge < -0.3 is 4.42 Å². The van der Waals surface area contributed by atoms with Gasteiger partial charge in [-0.25, -0.2) is 4.98 Å². The molecule has 4 aromatic rings. The highest BCUT2D eigenvalue weighted by atomic mass is 32.2. The molecule has 4 nitrogen and oxygen atoms in total. The van der Waals surface area contributed by atoms with Gasteiger partial charge in [0.25, 0.3) is 5.12 Å². The smallest absolute Gasteiger partial charge is 0.260 e. The maximum Gasteiger partial charge on any atom is 0.260 e. The second kappa shape index (κ2) is 7.95. The van der Waals surface area contributed by atoms with Gasteiger partial charge in [-0.3, -0.25) is 4.79 Å². The average Bonchev–Trinajstić information content (AvgIpc) is 3.29. The molecule has 0 unspecified atom stereocenters. The second-order valence-corrected chi connectivity index (χ2v) is 6.91. The van der Waals surface area contributed by atoms with E-state index in [-0.39, 0.29) is 10.9 Å². The van der Waals surface area contributed by atoms with Crippen LogP contribution in [-0.2, 0) is 0 Å². The number of rotatable bonds is 4. The highest BCUT2D eigenvalue weighted by Gasteiger charge is 2.20. The van der Waals surface area contributed by atoms with Crippen molar-refractivity contribution >= 4 is 16.9 Å². The molecule has 2 heterocycles. The topological polar surface area (TPSA) is 66.9 Å². The van der Waals surface area contributed by atoms with Crippen molar-refractivity contribution in [3.05, 3.63) is 96.4 Å². The molecule has 0 aliphatic carbocycles. The van der Waals surface area contributed by atoms with Crippen LogP contribution in [0.25, 0.3) is 22.4 Å². The summed E-state index contributed by atoms with van der Waals surface area (Å²) in [5.41, 5.74) is 3.62. The van der Waals surface area contributed by atoms with Gasteiger partial charge in [-0.1, -0.05) is 60.7 Å². The van der Waals surface area contributed by atoms with Crippen LogP contribution in [0.2, 0.25) is 0 Å². The number of aromatic nitrogens is 1. The third-order valence-electron chi connectivity index (χ3n) is 4.16. The zero-order chi connectivity index (χ0) is 19.3. The Hall–Kier alpha value is -3.62. The fourth-order valence-corrected chi connectivity index (χ4v) is 3.63. The Balaban J connectivity index is 1.88. The Morgan fingerprint density at radius 3 is 2.21 bits per heavy atom. The fraction of sp³-hybridized carbons (Fsp3) is 0. The SMILES string of the molecule is N#Cc1c(-c2ccccc2)cc(-c2ccccc2)nc1SC(=O)c1ccco1. The summed E-state index contributed by atoms with van der Waals surface area (Å²) in [6, 6.07) is 26.7. The third-order valence-corrected chi connectivity index (χ3v) is 5.04. The minimum absolute atomic E-state index is 0.224. The first-order chi connectivity index (χ1) is 13.8. The van der Waals surface area contributed by atoms with Gasteiger partial charge in [0.05, 0.1) is 17.5 Å². The first-order valence-electron chi connectivity index (χ1n) is 8.58. The van der Waals surface area contributed by atoms with Crippen LogP contribution in [-0.4, -0.2) is 10.1 Å². The number of pyridine rings is 1. The largest absolute Gasteiger partial charge is 0.460 e. The molecular weight excluding hydrogens is 368 g/mol. The zero-order valence-electron chi connectivity index (χ0n) is 14.7. The lowest BCUT2D eigenvalue weighted by atomic mass is 9.99. The number of carbonyl (C=O) groups excluding carboxylic acids is 1. The van der Waals surface area contributed by atoms with Gasteiger partial charge in [0, 0.05) is 11.1 Å². The van der Waals surface area contributed by atoms with Crippen molar-refractivity contribution < 1.29 is 9.21 Å². The molecule has 0 amide bonds. The Kier molecular flexibility index (Phi) is 5.05. The molecule has 0 aliphatic heterocycles. The van der Waals surface area contributed by atoms with Gasteiger partial charge in [0.15, 0.2) is 5.76 Å². The number of furan rings is 1. The Morgan fingerprint density at radius 1 is 0.929 bits per heavy atom. The number of carbonyl (C=O) groups is 1. The van der Waals surface area contributed by atoms with Crippen LogP contribution in [0.4, 0.5) is 0 Å². The van der Waals surface area contributed by atoms with Gasteiger partial charge in [-0.05, 0) is 35.5 Å². The van der Waals surface area contributed by atoms with Crippen molar-refractivity contribution in [2.45, 2.75) is 5.03 Å². The Bertz CT molecular complexity index is 1150. The molecule has 0 bridgehead atoms. The molecule has 0 saturated heterocycles. The van der Waals surface area contributed by atoms with Gasteiger partial charge in [0.1, 0.15) is 11.1 Å². The van der Waals surface area contributed by atoms with E-state index in [4.69, 9.17) is 4.42 Å². The standard InChI is InChI=1S/C23H14N2O2S/c24-15-19-18(16-8-3-1-4-9-16)14-20(17-10-5-2-6-11-17)25-22(19)28-23(26)21-12-7-13-27-21/h1-14H. The van der Waals surface area contributed by atoms with E-state index in [1.807, 2.05) is 66.7 Å². The highest BCUT2D eigenvalue weighted by molar-refractivity contribution is 8.14. The minimum atomic E-state index is -0.293. The molecule has 2 aromatic heterocycles. The van der Waals surface area contributed by atoms with Gasteiger partial charge in [-0.2, -0.15) is 5.26 Å². The van der Waals surface area contributed by atoms with Crippen molar-refractivity contribution in [2.75, 3.05) is 0 Å². The minimum Gasteiger partial charge on any atom is -0.460 e. The van der Waals surface area contributed by atoms with E-state index in [0.717, 1.165) is 28.5 Å². The number of benzene rings is 2. The average molecular weight is 382 g/mol. The van der Waals surface area contributed by atoms with Crippen LogP contribution in [0.15, 0.2) is 94.6 Å². The number of thioether (sulfide) groups is 1.